The second-order valence-corrected chi connectivity index (χ2v) is 6.82. The van der Waals surface area contributed by atoms with Crippen LogP contribution in [0.2, 0.25) is 5.02 Å². The average molecular weight is 364 g/mol. The third-order valence-corrected chi connectivity index (χ3v) is 5.08. The summed E-state index contributed by atoms with van der Waals surface area (Å²) in [5.41, 5.74) is 4.51. The van der Waals surface area contributed by atoms with E-state index in [1.54, 1.807) is 11.1 Å². The maximum absolute atomic E-state index is 13.1. The number of aryl methyl sites for hydroxylation is 1. The van der Waals surface area contributed by atoms with Gasteiger partial charge < -0.3 is 5.32 Å². The van der Waals surface area contributed by atoms with Crippen LogP contribution in [0.3, 0.4) is 0 Å². The maximum atomic E-state index is 13.1. The van der Waals surface area contributed by atoms with E-state index in [1.165, 1.54) is 0 Å². The molecule has 1 atom stereocenters. The van der Waals surface area contributed by atoms with Gasteiger partial charge in [-0.1, -0.05) is 35.9 Å². The first kappa shape index (κ1) is 16.6. The normalized spacial score (nSPS) is 15.9. The molecule has 0 aliphatic carbocycles. The van der Waals surface area contributed by atoms with Gasteiger partial charge in [0.2, 0.25) is 0 Å². The lowest BCUT2D eigenvalue weighted by Crippen LogP contribution is -2.33. The number of nitrogens with one attached hydrogen (secondary N) is 1. The number of carbonyl (C=O) groups is 1. The van der Waals surface area contributed by atoms with Crippen molar-refractivity contribution in [3.8, 4) is 0 Å². The summed E-state index contributed by atoms with van der Waals surface area (Å²) in [6.45, 7) is 3.95. The van der Waals surface area contributed by atoms with Crippen molar-refractivity contribution in [1.82, 2.24) is 4.98 Å². The number of fused-ring (bicyclic) bond motifs is 1. The first-order valence-corrected chi connectivity index (χ1v) is 8.81. The summed E-state index contributed by atoms with van der Waals surface area (Å²) < 4.78 is 0. The molecular formula is C21H18ClN3O. The van der Waals surface area contributed by atoms with Gasteiger partial charge >= 0.3 is 0 Å². The Labute approximate surface area is 157 Å². The topological polar surface area (TPSA) is 45.2 Å². The van der Waals surface area contributed by atoms with Crippen LogP contribution in [0.15, 0.2) is 60.8 Å². The van der Waals surface area contributed by atoms with Gasteiger partial charge in [0.25, 0.3) is 5.91 Å². The van der Waals surface area contributed by atoms with Crippen molar-refractivity contribution < 1.29 is 4.79 Å². The number of aromatic nitrogens is 1. The molecule has 0 bridgehead atoms. The molecule has 3 aromatic rings. The van der Waals surface area contributed by atoms with Crippen LogP contribution in [0.1, 0.15) is 33.2 Å². The minimum Gasteiger partial charge on any atom is -0.361 e. The van der Waals surface area contributed by atoms with E-state index < -0.39 is 0 Å². The lowest BCUT2D eigenvalue weighted by atomic mass is 10.1. The minimum atomic E-state index is -0.342. The number of hydrogen-bond donors (Lipinski definition) is 1. The number of halogens is 1. The molecule has 26 heavy (non-hydrogen) atoms. The van der Waals surface area contributed by atoms with Crippen LogP contribution in [-0.2, 0) is 0 Å². The van der Waals surface area contributed by atoms with Crippen LogP contribution in [0.4, 0.5) is 11.5 Å². The SMILES string of the molecule is Cc1ccnc(N2C(=O)c3ccccc3[C@H]2Nc2cccc(Cl)c2C)c1. The number of benzene rings is 2. The molecule has 4 nitrogen and oxygen atoms in total. The molecule has 0 unspecified atom stereocenters. The molecule has 2 aromatic carbocycles. The fourth-order valence-electron chi connectivity index (χ4n) is 3.26. The summed E-state index contributed by atoms with van der Waals surface area (Å²) in [6, 6.07) is 17.2. The Bertz CT molecular complexity index is 1000. The van der Waals surface area contributed by atoms with E-state index in [0.717, 1.165) is 22.4 Å². The Morgan fingerprint density at radius 3 is 2.69 bits per heavy atom. The van der Waals surface area contributed by atoms with Crippen LogP contribution in [0, 0.1) is 13.8 Å². The van der Waals surface area contributed by atoms with E-state index in [1.807, 2.05) is 68.4 Å². The summed E-state index contributed by atoms with van der Waals surface area (Å²) in [4.78, 5) is 19.2. The number of amides is 1. The standard InChI is InChI=1S/C21H18ClN3O/c1-13-10-11-23-19(12-13)25-20(15-6-3-4-7-16(15)21(25)26)24-18-9-5-8-17(22)14(18)2/h3-12,20,24H,1-2H3/t20-/m0/s1. The lowest BCUT2D eigenvalue weighted by Gasteiger charge is -2.27. The molecule has 130 valence electrons. The lowest BCUT2D eigenvalue weighted by molar-refractivity contribution is 0.0992. The molecule has 1 N–H and O–H groups in total. The van der Waals surface area contributed by atoms with Crippen molar-refractivity contribution in [1.29, 1.82) is 0 Å². The number of carbonyl (C=O) groups excluding carboxylic acids is 1. The number of nitrogens with zero attached hydrogens (tertiary/aromatic N) is 2. The van der Waals surface area contributed by atoms with Gasteiger partial charge in [-0.05, 0) is 55.3 Å². The van der Waals surface area contributed by atoms with Gasteiger partial charge in [-0.25, -0.2) is 4.98 Å². The fourth-order valence-corrected chi connectivity index (χ4v) is 3.43. The van der Waals surface area contributed by atoms with Crippen molar-refractivity contribution in [2.75, 3.05) is 10.2 Å². The van der Waals surface area contributed by atoms with Crippen LogP contribution in [0.5, 0.6) is 0 Å². The van der Waals surface area contributed by atoms with Gasteiger partial charge in [0, 0.05) is 28.0 Å². The largest absolute Gasteiger partial charge is 0.361 e. The van der Waals surface area contributed by atoms with Gasteiger partial charge in [0.15, 0.2) is 0 Å². The molecule has 1 aliphatic rings. The van der Waals surface area contributed by atoms with E-state index in [4.69, 9.17) is 11.6 Å². The van der Waals surface area contributed by atoms with Gasteiger partial charge in [-0.3, -0.25) is 9.69 Å². The highest BCUT2D eigenvalue weighted by atomic mass is 35.5. The second-order valence-electron chi connectivity index (χ2n) is 6.41. The average Bonchev–Trinajstić information content (AvgIpc) is 2.91. The highest BCUT2D eigenvalue weighted by Crippen LogP contribution is 2.38. The Kier molecular flexibility index (Phi) is 4.13. The molecule has 1 amide bonds. The van der Waals surface area contributed by atoms with Crippen molar-refractivity contribution in [2.24, 2.45) is 0 Å². The molecule has 5 heteroatoms. The number of rotatable bonds is 3. The summed E-state index contributed by atoms with van der Waals surface area (Å²) >= 11 is 6.27. The zero-order valence-electron chi connectivity index (χ0n) is 14.5. The number of pyridine rings is 1. The van der Waals surface area contributed by atoms with E-state index in [-0.39, 0.29) is 12.1 Å². The van der Waals surface area contributed by atoms with E-state index in [0.29, 0.717) is 16.4 Å². The van der Waals surface area contributed by atoms with Crippen molar-refractivity contribution in [3.63, 3.8) is 0 Å². The Balaban J connectivity index is 1.82. The molecule has 0 saturated heterocycles. The third-order valence-electron chi connectivity index (χ3n) is 4.67. The summed E-state index contributed by atoms with van der Waals surface area (Å²) in [5, 5.41) is 4.17. The smallest absolute Gasteiger partial charge is 0.261 e. The third kappa shape index (κ3) is 2.72. The molecule has 0 radical (unpaired) electrons. The first-order valence-electron chi connectivity index (χ1n) is 8.43. The van der Waals surface area contributed by atoms with Gasteiger partial charge in [0.1, 0.15) is 12.0 Å². The second kappa shape index (κ2) is 6.46. The van der Waals surface area contributed by atoms with Crippen molar-refractivity contribution in [2.45, 2.75) is 20.0 Å². The molecule has 0 fully saturated rings. The Morgan fingerprint density at radius 1 is 1.08 bits per heavy atom. The predicted octanol–water partition coefficient (Wildman–Crippen LogP) is 5.12. The fraction of sp³-hybridized carbons (Fsp3) is 0.143. The first-order chi connectivity index (χ1) is 12.6. The predicted molar refractivity (Wildman–Crippen MR) is 105 cm³/mol. The molecule has 2 heterocycles. The number of hydrogen-bond acceptors (Lipinski definition) is 3. The molecular weight excluding hydrogens is 346 g/mol. The Morgan fingerprint density at radius 2 is 1.88 bits per heavy atom. The van der Waals surface area contributed by atoms with Crippen LogP contribution in [-0.4, -0.2) is 10.9 Å². The van der Waals surface area contributed by atoms with Crippen LogP contribution in [0.25, 0.3) is 0 Å². The minimum absolute atomic E-state index is 0.0594. The monoisotopic (exact) mass is 363 g/mol. The van der Waals surface area contributed by atoms with Crippen LogP contribution < -0.4 is 10.2 Å². The van der Waals surface area contributed by atoms with Gasteiger partial charge in [0.05, 0.1) is 0 Å². The summed E-state index contributed by atoms with van der Waals surface area (Å²) in [5.74, 6) is 0.569. The quantitative estimate of drug-likeness (QED) is 0.702. The maximum Gasteiger partial charge on any atom is 0.261 e. The van der Waals surface area contributed by atoms with Crippen molar-refractivity contribution in [3.05, 3.63) is 88.1 Å². The molecule has 4 rings (SSSR count). The summed E-state index contributed by atoms with van der Waals surface area (Å²) in [6.07, 6.45) is 1.38. The van der Waals surface area contributed by atoms with Gasteiger partial charge in [-0.15, -0.1) is 0 Å². The van der Waals surface area contributed by atoms with Gasteiger partial charge in [-0.2, -0.15) is 0 Å². The van der Waals surface area contributed by atoms with Crippen LogP contribution >= 0.6 is 11.6 Å². The Hall–Kier alpha value is -2.85. The highest BCUT2D eigenvalue weighted by molar-refractivity contribution is 6.31. The molecule has 0 spiro atoms. The summed E-state index contributed by atoms with van der Waals surface area (Å²) in [7, 11) is 0. The highest BCUT2D eigenvalue weighted by Gasteiger charge is 2.38. The molecule has 1 aromatic heterocycles. The zero-order valence-corrected chi connectivity index (χ0v) is 15.3. The molecule has 0 saturated carbocycles. The van der Waals surface area contributed by atoms with E-state index >= 15 is 0 Å². The van der Waals surface area contributed by atoms with E-state index in [9.17, 15) is 4.79 Å². The number of anilines is 2. The zero-order chi connectivity index (χ0) is 18.3. The van der Waals surface area contributed by atoms with Crippen molar-refractivity contribution >= 4 is 29.0 Å². The van der Waals surface area contributed by atoms with E-state index in [2.05, 4.69) is 10.3 Å². The molecule has 1 aliphatic heterocycles.